The van der Waals surface area contributed by atoms with Crippen molar-refractivity contribution in [2.24, 2.45) is 5.73 Å². The molecule has 0 amide bonds. The average molecular weight is 250 g/mol. The molecule has 3 nitrogen and oxygen atoms in total. The molecule has 0 bridgehead atoms. The Balaban J connectivity index is 2.95. The van der Waals surface area contributed by atoms with Crippen LogP contribution < -0.4 is 5.73 Å². The molecule has 2 unspecified atom stereocenters. The zero-order valence-corrected chi connectivity index (χ0v) is 11.8. The van der Waals surface area contributed by atoms with Crippen LogP contribution >= 0.6 is 0 Å². The third kappa shape index (κ3) is 4.09. The minimum absolute atomic E-state index is 0.0470. The summed E-state index contributed by atoms with van der Waals surface area (Å²) in [4.78, 5) is 2.27. The lowest BCUT2D eigenvalue weighted by Crippen LogP contribution is -2.41. The van der Waals surface area contributed by atoms with E-state index in [2.05, 4.69) is 43.0 Å². The Hall–Kier alpha value is -0.900. The molecule has 0 saturated carbocycles. The number of hydrogen-bond donors (Lipinski definition) is 2. The van der Waals surface area contributed by atoms with E-state index in [4.69, 9.17) is 5.73 Å². The Morgan fingerprint density at radius 2 is 1.83 bits per heavy atom. The summed E-state index contributed by atoms with van der Waals surface area (Å²) >= 11 is 0. The first-order chi connectivity index (χ1) is 8.60. The summed E-state index contributed by atoms with van der Waals surface area (Å²) in [6.45, 7) is 8.08. The van der Waals surface area contributed by atoms with Crippen LogP contribution in [0.4, 0.5) is 0 Å². The van der Waals surface area contributed by atoms with E-state index in [1.54, 1.807) is 0 Å². The van der Waals surface area contributed by atoms with Gasteiger partial charge in [0.2, 0.25) is 0 Å². The Morgan fingerprint density at radius 1 is 1.22 bits per heavy atom. The van der Waals surface area contributed by atoms with E-state index in [9.17, 15) is 5.11 Å². The van der Waals surface area contributed by atoms with Crippen molar-refractivity contribution < 1.29 is 5.11 Å². The Morgan fingerprint density at radius 3 is 2.28 bits per heavy atom. The summed E-state index contributed by atoms with van der Waals surface area (Å²) in [7, 11) is 0. The van der Waals surface area contributed by atoms with E-state index in [-0.39, 0.29) is 18.7 Å². The normalized spacial score (nSPS) is 14.8. The van der Waals surface area contributed by atoms with E-state index in [0.717, 1.165) is 13.0 Å². The Bertz CT molecular complexity index is 329. The van der Waals surface area contributed by atoms with Crippen molar-refractivity contribution in [3.63, 3.8) is 0 Å². The molecule has 0 spiro atoms. The van der Waals surface area contributed by atoms with E-state index in [0.29, 0.717) is 6.54 Å². The first-order valence-corrected chi connectivity index (χ1v) is 6.77. The van der Waals surface area contributed by atoms with Crippen molar-refractivity contribution in [2.75, 3.05) is 19.7 Å². The second-order valence-corrected chi connectivity index (χ2v) is 4.97. The molecule has 0 aliphatic carbocycles. The first kappa shape index (κ1) is 15.2. The fraction of sp³-hybridized carbons (Fsp3) is 0.600. The van der Waals surface area contributed by atoms with Gasteiger partial charge in [-0.25, -0.2) is 0 Å². The molecule has 1 aromatic rings. The molecule has 0 aromatic heterocycles. The van der Waals surface area contributed by atoms with Gasteiger partial charge in [0.1, 0.15) is 0 Å². The molecule has 18 heavy (non-hydrogen) atoms. The predicted molar refractivity (Wildman–Crippen MR) is 76.5 cm³/mol. The highest BCUT2D eigenvalue weighted by Crippen LogP contribution is 2.24. The molecule has 1 aromatic carbocycles. The van der Waals surface area contributed by atoms with Crippen LogP contribution in [0.25, 0.3) is 0 Å². The Kier molecular flexibility index (Phi) is 6.33. The number of aliphatic hydroxyl groups excluding tert-OH is 1. The molecule has 0 heterocycles. The third-order valence-corrected chi connectivity index (χ3v) is 3.21. The highest BCUT2D eigenvalue weighted by molar-refractivity contribution is 5.25. The molecule has 0 radical (unpaired) electrons. The monoisotopic (exact) mass is 250 g/mol. The van der Waals surface area contributed by atoms with Crippen LogP contribution in [0.1, 0.15) is 37.4 Å². The SMILES string of the molecule is CCCN(CCO)C(c1ccc(C)cc1)C(C)N. The van der Waals surface area contributed by atoms with E-state index in [1.807, 2.05) is 6.92 Å². The quantitative estimate of drug-likeness (QED) is 0.779. The maximum Gasteiger partial charge on any atom is 0.0558 e. The fourth-order valence-electron chi connectivity index (χ4n) is 2.42. The highest BCUT2D eigenvalue weighted by Gasteiger charge is 2.22. The molecule has 102 valence electrons. The molecule has 3 N–H and O–H groups in total. The summed E-state index contributed by atoms with van der Waals surface area (Å²) in [6, 6.07) is 8.75. The van der Waals surface area contributed by atoms with Crippen LogP contribution in [-0.2, 0) is 0 Å². The maximum absolute atomic E-state index is 9.20. The third-order valence-electron chi connectivity index (χ3n) is 3.21. The number of aliphatic hydroxyl groups is 1. The molecule has 1 rings (SSSR count). The predicted octanol–water partition coefficient (Wildman–Crippen LogP) is 2.09. The van der Waals surface area contributed by atoms with Crippen LogP contribution in [0, 0.1) is 6.92 Å². The standard InChI is InChI=1S/C15H26N2O/c1-4-9-17(10-11-18)15(13(3)16)14-7-5-12(2)6-8-14/h5-8,13,15,18H,4,9-11,16H2,1-3H3. The molecule has 0 aliphatic rings. The number of nitrogens with zero attached hydrogens (tertiary/aromatic N) is 1. The van der Waals surface area contributed by atoms with Gasteiger partial charge in [0.25, 0.3) is 0 Å². The summed E-state index contributed by atoms with van der Waals surface area (Å²) in [5.74, 6) is 0. The van der Waals surface area contributed by atoms with Gasteiger partial charge in [0, 0.05) is 18.6 Å². The van der Waals surface area contributed by atoms with Gasteiger partial charge in [-0.2, -0.15) is 0 Å². The second kappa shape index (κ2) is 7.52. The number of benzene rings is 1. The topological polar surface area (TPSA) is 49.5 Å². The number of nitrogens with two attached hydrogens (primary N) is 1. The smallest absolute Gasteiger partial charge is 0.0558 e. The molecular weight excluding hydrogens is 224 g/mol. The van der Waals surface area contributed by atoms with Gasteiger partial charge in [-0.15, -0.1) is 0 Å². The minimum Gasteiger partial charge on any atom is -0.395 e. The first-order valence-electron chi connectivity index (χ1n) is 6.77. The van der Waals surface area contributed by atoms with Crippen molar-refractivity contribution in [3.8, 4) is 0 Å². The molecule has 0 fully saturated rings. The lowest BCUT2D eigenvalue weighted by molar-refractivity contribution is 0.137. The minimum atomic E-state index is 0.0470. The summed E-state index contributed by atoms with van der Waals surface area (Å²) in [5, 5.41) is 9.20. The van der Waals surface area contributed by atoms with E-state index < -0.39 is 0 Å². The largest absolute Gasteiger partial charge is 0.395 e. The summed E-state index contributed by atoms with van der Waals surface area (Å²) in [6.07, 6.45) is 1.06. The van der Waals surface area contributed by atoms with Gasteiger partial charge in [0.05, 0.1) is 6.61 Å². The van der Waals surface area contributed by atoms with Crippen molar-refractivity contribution in [1.29, 1.82) is 0 Å². The molecule has 0 saturated heterocycles. The maximum atomic E-state index is 9.20. The zero-order chi connectivity index (χ0) is 13.5. The van der Waals surface area contributed by atoms with Crippen molar-refractivity contribution in [1.82, 2.24) is 4.90 Å². The Labute approximate surface area is 111 Å². The van der Waals surface area contributed by atoms with E-state index in [1.165, 1.54) is 11.1 Å². The van der Waals surface area contributed by atoms with Crippen LogP contribution in [0.3, 0.4) is 0 Å². The summed E-state index contributed by atoms with van der Waals surface area (Å²) < 4.78 is 0. The van der Waals surface area contributed by atoms with Gasteiger partial charge in [0.15, 0.2) is 0 Å². The van der Waals surface area contributed by atoms with Crippen molar-refractivity contribution in [3.05, 3.63) is 35.4 Å². The molecule has 2 atom stereocenters. The number of aryl methyl sites for hydroxylation is 1. The number of hydrogen-bond acceptors (Lipinski definition) is 3. The molecular formula is C15H26N2O. The highest BCUT2D eigenvalue weighted by atomic mass is 16.3. The van der Waals surface area contributed by atoms with Gasteiger partial charge in [-0.3, -0.25) is 4.90 Å². The van der Waals surface area contributed by atoms with Gasteiger partial charge in [-0.1, -0.05) is 36.8 Å². The lowest BCUT2D eigenvalue weighted by atomic mass is 9.98. The number of rotatable bonds is 7. The van der Waals surface area contributed by atoms with Crippen LogP contribution in [0.15, 0.2) is 24.3 Å². The van der Waals surface area contributed by atoms with Gasteiger partial charge < -0.3 is 10.8 Å². The zero-order valence-electron chi connectivity index (χ0n) is 11.8. The fourth-order valence-corrected chi connectivity index (χ4v) is 2.42. The lowest BCUT2D eigenvalue weighted by Gasteiger charge is -2.34. The van der Waals surface area contributed by atoms with Crippen LogP contribution in [-0.4, -0.2) is 35.7 Å². The summed E-state index contributed by atoms with van der Waals surface area (Å²) in [5.41, 5.74) is 8.63. The van der Waals surface area contributed by atoms with Crippen LogP contribution in [0.2, 0.25) is 0 Å². The molecule has 3 heteroatoms. The van der Waals surface area contributed by atoms with Gasteiger partial charge >= 0.3 is 0 Å². The second-order valence-electron chi connectivity index (χ2n) is 4.97. The van der Waals surface area contributed by atoms with Crippen molar-refractivity contribution in [2.45, 2.75) is 39.3 Å². The average Bonchev–Trinajstić information content (AvgIpc) is 2.32. The van der Waals surface area contributed by atoms with Gasteiger partial charge in [-0.05, 0) is 32.4 Å². The van der Waals surface area contributed by atoms with Crippen molar-refractivity contribution >= 4 is 0 Å². The van der Waals surface area contributed by atoms with Crippen LogP contribution in [0.5, 0.6) is 0 Å². The molecule has 0 aliphatic heterocycles. The van der Waals surface area contributed by atoms with E-state index >= 15 is 0 Å².